The number of phenols is 1. The number of rotatable bonds is 4. The van der Waals surface area contributed by atoms with Gasteiger partial charge in [-0.3, -0.25) is 4.55 Å². The average molecular weight is 358 g/mol. The number of ether oxygens (including phenoxy) is 1. The zero-order valence-corrected chi connectivity index (χ0v) is 13.3. The molecule has 10 nitrogen and oxygen atoms in total. The highest BCUT2D eigenvalue weighted by Gasteiger charge is 2.53. The van der Waals surface area contributed by atoms with E-state index >= 15 is 0 Å². The molecule has 0 aromatic heterocycles. The largest absolute Gasteiger partial charge is 0.508 e. The molecule has 3 rings (SSSR count). The van der Waals surface area contributed by atoms with Gasteiger partial charge in [0, 0.05) is 5.56 Å². The number of phenolic OH excluding ortho intramolecular Hbond substituents is 1. The molecule has 2 heterocycles. The molecule has 1 unspecified atom stereocenters. The van der Waals surface area contributed by atoms with Crippen molar-refractivity contribution in [3.63, 3.8) is 0 Å². The van der Waals surface area contributed by atoms with E-state index in [0.29, 0.717) is 10.6 Å². The van der Waals surface area contributed by atoms with Gasteiger partial charge in [-0.1, -0.05) is 12.1 Å². The second-order valence-electron chi connectivity index (χ2n) is 5.21. The Balaban J connectivity index is 2.12. The molecular formula is C13H14N2O8S. The highest BCUT2D eigenvalue weighted by atomic mass is 32.3. The molecule has 0 saturated carbocycles. The third kappa shape index (κ3) is 2.56. The highest BCUT2D eigenvalue weighted by Crippen LogP contribution is 2.47. The first-order valence-corrected chi connectivity index (χ1v) is 8.36. The van der Waals surface area contributed by atoms with E-state index in [0.717, 1.165) is 4.90 Å². The molecule has 2 aliphatic heterocycles. The summed E-state index contributed by atoms with van der Waals surface area (Å²) in [6.45, 7) is 1.58. The van der Waals surface area contributed by atoms with Crippen LogP contribution in [0.1, 0.15) is 30.1 Å². The summed E-state index contributed by atoms with van der Waals surface area (Å²) in [7, 11) is -4.96. The number of amides is 2. The van der Waals surface area contributed by atoms with Crippen molar-refractivity contribution >= 4 is 22.4 Å². The summed E-state index contributed by atoms with van der Waals surface area (Å²) in [5.41, 5.74) is 0.473. The van der Waals surface area contributed by atoms with Crippen LogP contribution in [0.25, 0.3) is 0 Å². The fraction of sp³-hybridized carbons (Fsp3) is 0.385. The Morgan fingerprint density at radius 3 is 2.75 bits per heavy atom. The van der Waals surface area contributed by atoms with Crippen LogP contribution < -0.4 is 0 Å². The molecule has 2 aliphatic rings. The van der Waals surface area contributed by atoms with E-state index in [2.05, 4.69) is 4.28 Å². The summed E-state index contributed by atoms with van der Waals surface area (Å²) in [6, 6.07) is 1.27. The van der Waals surface area contributed by atoms with E-state index in [1.807, 2.05) is 0 Å². The van der Waals surface area contributed by atoms with Gasteiger partial charge in [0.25, 0.3) is 0 Å². The minimum atomic E-state index is -4.96. The molecule has 2 atom stereocenters. The molecule has 0 spiro atoms. The number of carbonyl (C=O) groups excluding carboxylic acids is 2. The van der Waals surface area contributed by atoms with Gasteiger partial charge in [-0.15, -0.1) is 4.28 Å². The van der Waals surface area contributed by atoms with Gasteiger partial charge in [-0.2, -0.15) is 13.5 Å². The Hall–Kier alpha value is -2.37. The molecule has 0 aliphatic carbocycles. The van der Waals surface area contributed by atoms with Crippen LogP contribution in [-0.4, -0.2) is 53.2 Å². The minimum absolute atomic E-state index is 0.0835. The predicted molar refractivity (Wildman–Crippen MR) is 76.8 cm³/mol. The third-order valence-corrected chi connectivity index (χ3v) is 4.18. The minimum Gasteiger partial charge on any atom is -0.508 e. The monoisotopic (exact) mass is 358 g/mol. The maximum absolute atomic E-state index is 12.4. The normalized spacial score (nSPS) is 22.5. The molecule has 24 heavy (non-hydrogen) atoms. The lowest BCUT2D eigenvalue weighted by Crippen LogP contribution is -2.39. The van der Waals surface area contributed by atoms with Crippen molar-refractivity contribution in [1.82, 2.24) is 9.96 Å². The van der Waals surface area contributed by atoms with Crippen LogP contribution in [0.2, 0.25) is 0 Å². The lowest BCUT2D eigenvalue weighted by atomic mass is 9.90. The fourth-order valence-corrected chi connectivity index (χ4v) is 3.39. The SMILES string of the molecule is CCOC(=O)C1c2cccc(O)c2[C@H]2CN1C(=O)N2OS(=O)(=O)O. The van der Waals surface area contributed by atoms with E-state index in [4.69, 9.17) is 9.29 Å². The lowest BCUT2D eigenvalue weighted by molar-refractivity contribution is -0.148. The molecule has 1 aromatic rings. The summed E-state index contributed by atoms with van der Waals surface area (Å²) in [5.74, 6) is -0.949. The number of urea groups is 1. The summed E-state index contributed by atoms with van der Waals surface area (Å²) in [4.78, 5) is 25.8. The Morgan fingerprint density at radius 1 is 1.42 bits per heavy atom. The van der Waals surface area contributed by atoms with Gasteiger partial charge in [-0.05, 0) is 18.6 Å². The third-order valence-electron chi connectivity index (χ3n) is 3.83. The van der Waals surface area contributed by atoms with Crippen LogP contribution in [0.15, 0.2) is 18.2 Å². The van der Waals surface area contributed by atoms with Crippen molar-refractivity contribution < 1.29 is 36.7 Å². The van der Waals surface area contributed by atoms with Crippen LogP contribution in [0.5, 0.6) is 5.75 Å². The molecule has 1 aromatic carbocycles. The molecule has 2 bridgehead atoms. The second-order valence-corrected chi connectivity index (χ2v) is 6.22. The van der Waals surface area contributed by atoms with Gasteiger partial charge < -0.3 is 14.7 Å². The number of hydroxylamine groups is 2. The molecule has 2 N–H and O–H groups in total. The van der Waals surface area contributed by atoms with Gasteiger partial charge >= 0.3 is 22.4 Å². The quantitative estimate of drug-likeness (QED) is 0.588. The Kier molecular flexibility index (Phi) is 3.86. The zero-order chi connectivity index (χ0) is 17.6. The average Bonchev–Trinajstić information content (AvgIpc) is 2.73. The maximum Gasteiger partial charge on any atom is 0.418 e. The van der Waals surface area contributed by atoms with E-state index in [1.54, 1.807) is 6.92 Å². The standard InChI is InChI=1S/C13H14N2O8S/c1-2-22-12(17)11-7-4-3-5-9(16)10(7)8-6-14(11)13(18)15(8)23-24(19,20)21/h3-5,8,11,16H,2,6H2,1H3,(H,19,20,21)/t8-,11?/m1/s1. The van der Waals surface area contributed by atoms with Crippen LogP contribution in [0, 0.1) is 0 Å². The second kappa shape index (κ2) is 5.61. The Morgan fingerprint density at radius 2 is 2.12 bits per heavy atom. The van der Waals surface area contributed by atoms with E-state index in [-0.39, 0.29) is 24.5 Å². The Labute approximate surface area is 137 Å². The first-order valence-electron chi connectivity index (χ1n) is 7.00. The highest BCUT2D eigenvalue weighted by molar-refractivity contribution is 7.80. The van der Waals surface area contributed by atoms with Crippen molar-refractivity contribution in [2.75, 3.05) is 13.2 Å². The Bertz CT molecular complexity index is 808. The number of esters is 1. The number of nitrogens with zero attached hydrogens (tertiary/aromatic N) is 2. The van der Waals surface area contributed by atoms with Crippen molar-refractivity contribution in [2.45, 2.75) is 19.0 Å². The number of fused-ring (bicyclic) bond motifs is 4. The van der Waals surface area contributed by atoms with Gasteiger partial charge in [0.2, 0.25) is 0 Å². The van der Waals surface area contributed by atoms with Crippen molar-refractivity contribution in [2.24, 2.45) is 0 Å². The molecule has 1 fully saturated rings. The van der Waals surface area contributed by atoms with Crippen molar-refractivity contribution in [1.29, 1.82) is 0 Å². The molecule has 1 saturated heterocycles. The molecule has 11 heteroatoms. The molecule has 0 radical (unpaired) electrons. The van der Waals surface area contributed by atoms with Gasteiger partial charge in [-0.25, -0.2) is 9.59 Å². The smallest absolute Gasteiger partial charge is 0.418 e. The van der Waals surface area contributed by atoms with Crippen molar-refractivity contribution in [3.05, 3.63) is 29.3 Å². The van der Waals surface area contributed by atoms with E-state index in [1.165, 1.54) is 18.2 Å². The van der Waals surface area contributed by atoms with Crippen LogP contribution in [-0.2, 0) is 24.2 Å². The van der Waals surface area contributed by atoms with Gasteiger partial charge in [0.1, 0.15) is 11.8 Å². The maximum atomic E-state index is 12.4. The van der Waals surface area contributed by atoms with Gasteiger partial charge in [0.15, 0.2) is 6.04 Å². The topological polar surface area (TPSA) is 134 Å². The lowest BCUT2D eigenvalue weighted by Gasteiger charge is -2.31. The number of hydrogen-bond acceptors (Lipinski definition) is 7. The van der Waals surface area contributed by atoms with Crippen molar-refractivity contribution in [3.8, 4) is 5.75 Å². The molecule has 130 valence electrons. The summed E-state index contributed by atoms with van der Waals surface area (Å²) in [6.07, 6.45) is 0. The number of hydrogen-bond donors (Lipinski definition) is 2. The van der Waals surface area contributed by atoms with E-state index < -0.39 is 34.5 Å². The summed E-state index contributed by atoms with van der Waals surface area (Å²) >= 11 is 0. The van der Waals surface area contributed by atoms with Crippen LogP contribution >= 0.6 is 0 Å². The molecule has 2 amide bonds. The van der Waals surface area contributed by atoms with Crippen LogP contribution in [0.3, 0.4) is 0 Å². The van der Waals surface area contributed by atoms with Crippen LogP contribution in [0.4, 0.5) is 4.79 Å². The molecular weight excluding hydrogens is 344 g/mol. The zero-order valence-electron chi connectivity index (χ0n) is 12.4. The van der Waals surface area contributed by atoms with Gasteiger partial charge in [0.05, 0.1) is 13.2 Å². The summed E-state index contributed by atoms with van der Waals surface area (Å²) < 4.78 is 40.2. The van der Waals surface area contributed by atoms with E-state index in [9.17, 15) is 23.1 Å². The summed E-state index contributed by atoms with van der Waals surface area (Å²) in [5, 5.41) is 10.6. The number of benzene rings is 1. The number of carbonyl (C=O) groups is 2. The predicted octanol–water partition coefficient (Wildman–Crippen LogP) is 0.523. The number of aromatic hydroxyl groups is 1. The first kappa shape index (κ1) is 16.5. The fourth-order valence-electron chi connectivity index (χ4n) is 3.02. The first-order chi connectivity index (χ1) is 11.2.